The van der Waals surface area contributed by atoms with Crippen molar-refractivity contribution in [3.63, 3.8) is 0 Å². The molecule has 0 saturated heterocycles. The molecule has 0 aliphatic heterocycles. The third-order valence-corrected chi connectivity index (χ3v) is 2.29. The average Bonchev–Trinajstić information content (AvgIpc) is 2.68. The monoisotopic (exact) mass is 282 g/mol. The van der Waals surface area contributed by atoms with Crippen LogP contribution in [0.1, 0.15) is 10.5 Å². The zero-order valence-electron chi connectivity index (χ0n) is 7.95. The van der Waals surface area contributed by atoms with Gasteiger partial charge in [0, 0.05) is 6.20 Å². The molecule has 0 bridgehead atoms. The third-order valence-electron chi connectivity index (χ3n) is 1.83. The summed E-state index contributed by atoms with van der Waals surface area (Å²) in [5.74, 6) is -0.400. The van der Waals surface area contributed by atoms with Crippen molar-refractivity contribution in [3.05, 3.63) is 45.3 Å². The van der Waals surface area contributed by atoms with Crippen LogP contribution in [-0.4, -0.2) is 20.9 Å². The Kier molecular flexibility index (Phi) is 2.86. The van der Waals surface area contributed by atoms with E-state index in [2.05, 4.69) is 36.2 Å². The second-order valence-electron chi connectivity index (χ2n) is 2.98. The van der Waals surface area contributed by atoms with Gasteiger partial charge in [-0.1, -0.05) is 0 Å². The largest absolute Gasteiger partial charge is 0.323 e. The van der Waals surface area contributed by atoms with E-state index in [1.165, 1.54) is 12.4 Å². The van der Waals surface area contributed by atoms with Crippen molar-refractivity contribution in [2.24, 2.45) is 0 Å². The van der Waals surface area contributed by atoms with Crippen molar-refractivity contribution >= 4 is 27.5 Å². The van der Waals surface area contributed by atoms with Crippen LogP contribution in [0.2, 0.25) is 0 Å². The molecule has 0 aliphatic rings. The first-order chi connectivity index (χ1) is 7.65. The summed E-state index contributed by atoms with van der Waals surface area (Å²) in [5, 5.41) is 2.59. The molecule has 16 heavy (non-hydrogen) atoms. The predicted octanol–water partition coefficient (Wildman–Crippen LogP) is 1.11. The summed E-state index contributed by atoms with van der Waals surface area (Å²) < 4.78 is 0.681. The lowest BCUT2D eigenvalue weighted by Crippen LogP contribution is -2.14. The molecule has 3 N–H and O–H groups in total. The number of amides is 1. The van der Waals surface area contributed by atoms with Gasteiger partial charge in [-0.05, 0) is 28.1 Å². The molecule has 0 aromatic carbocycles. The molecule has 0 fully saturated rings. The van der Waals surface area contributed by atoms with E-state index < -0.39 is 11.6 Å². The Bertz CT molecular complexity index is 557. The summed E-state index contributed by atoms with van der Waals surface area (Å²) >= 11 is 3.18. The summed E-state index contributed by atoms with van der Waals surface area (Å²) in [6, 6.07) is 3.40. The number of pyridine rings is 1. The topological polar surface area (TPSA) is 90.6 Å². The van der Waals surface area contributed by atoms with Crippen LogP contribution in [0.25, 0.3) is 0 Å². The molecule has 82 valence electrons. The first-order valence-electron chi connectivity index (χ1n) is 4.36. The van der Waals surface area contributed by atoms with Crippen LogP contribution in [0, 0.1) is 0 Å². The number of halogens is 1. The normalized spacial score (nSPS) is 10.1. The maximum Gasteiger partial charge on any atom is 0.323 e. The van der Waals surface area contributed by atoms with E-state index in [0.717, 1.165) is 0 Å². The van der Waals surface area contributed by atoms with Crippen LogP contribution in [0.15, 0.2) is 33.9 Å². The second kappa shape index (κ2) is 4.31. The van der Waals surface area contributed by atoms with Gasteiger partial charge in [0.2, 0.25) is 0 Å². The number of carbonyl (C=O) groups is 1. The number of nitrogens with one attached hydrogen (secondary N) is 3. The minimum Gasteiger partial charge on any atom is -0.319 e. The molecule has 2 aromatic heterocycles. The lowest BCUT2D eigenvalue weighted by Gasteiger charge is -2.02. The lowest BCUT2D eigenvalue weighted by molar-refractivity contribution is 0.102. The Morgan fingerprint density at radius 3 is 2.81 bits per heavy atom. The van der Waals surface area contributed by atoms with E-state index in [1.54, 1.807) is 12.1 Å². The number of hydrogen-bond acceptors (Lipinski definition) is 3. The highest BCUT2D eigenvalue weighted by atomic mass is 79.9. The molecule has 0 radical (unpaired) electrons. The van der Waals surface area contributed by atoms with E-state index in [9.17, 15) is 9.59 Å². The fraction of sp³-hybridized carbons (Fsp3) is 0. The fourth-order valence-corrected chi connectivity index (χ4v) is 1.34. The van der Waals surface area contributed by atoms with Gasteiger partial charge in [-0.15, -0.1) is 0 Å². The SMILES string of the molecule is O=C(Nc1ccc(Br)nc1)c1c[nH]c(=O)[nH]1. The number of rotatable bonds is 2. The predicted molar refractivity (Wildman–Crippen MR) is 61.3 cm³/mol. The Balaban J connectivity index is 2.13. The molecule has 2 aromatic rings. The third kappa shape index (κ3) is 2.37. The Labute approximate surface area is 98.2 Å². The van der Waals surface area contributed by atoms with Crippen LogP contribution < -0.4 is 11.0 Å². The molecule has 0 saturated carbocycles. The molecule has 6 nitrogen and oxygen atoms in total. The number of carbonyl (C=O) groups excluding carboxylic acids is 1. The van der Waals surface area contributed by atoms with E-state index in [1.807, 2.05) is 0 Å². The van der Waals surface area contributed by atoms with Crippen LogP contribution in [-0.2, 0) is 0 Å². The number of H-pyrrole nitrogens is 2. The molecule has 1 amide bonds. The van der Waals surface area contributed by atoms with Crippen LogP contribution in [0.5, 0.6) is 0 Å². The van der Waals surface area contributed by atoms with Gasteiger partial charge in [-0.25, -0.2) is 9.78 Å². The lowest BCUT2D eigenvalue weighted by atomic mass is 10.4. The van der Waals surface area contributed by atoms with Gasteiger partial charge in [0.25, 0.3) is 5.91 Å². The van der Waals surface area contributed by atoms with E-state index in [-0.39, 0.29) is 5.69 Å². The fourth-order valence-electron chi connectivity index (χ4n) is 1.10. The summed E-state index contributed by atoms with van der Waals surface area (Å²) in [4.78, 5) is 31.0. The summed E-state index contributed by atoms with van der Waals surface area (Å²) in [6.07, 6.45) is 2.82. The molecular weight excluding hydrogens is 276 g/mol. The second-order valence-corrected chi connectivity index (χ2v) is 3.79. The van der Waals surface area contributed by atoms with Crippen LogP contribution >= 0.6 is 15.9 Å². The van der Waals surface area contributed by atoms with E-state index >= 15 is 0 Å². The molecule has 2 rings (SSSR count). The number of anilines is 1. The van der Waals surface area contributed by atoms with Gasteiger partial charge in [0.05, 0.1) is 11.9 Å². The Morgan fingerprint density at radius 1 is 1.44 bits per heavy atom. The molecular formula is C9H7BrN4O2. The maximum absolute atomic E-state index is 11.6. The number of hydrogen-bond donors (Lipinski definition) is 3. The van der Waals surface area contributed by atoms with Crippen molar-refractivity contribution in [3.8, 4) is 0 Å². The van der Waals surface area contributed by atoms with E-state index in [0.29, 0.717) is 10.3 Å². The number of nitrogens with zero attached hydrogens (tertiary/aromatic N) is 1. The van der Waals surface area contributed by atoms with Crippen molar-refractivity contribution in [1.82, 2.24) is 15.0 Å². The minimum absolute atomic E-state index is 0.174. The van der Waals surface area contributed by atoms with Crippen LogP contribution in [0.3, 0.4) is 0 Å². The van der Waals surface area contributed by atoms with Crippen molar-refractivity contribution in [2.75, 3.05) is 5.32 Å². The van der Waals surface area contributed by atoms with Gasteiger partial charge in [0.1, 0.15) is 10.3 Å². The van der Waals surface area contributed by atoms with Crippen molar-refractivity contribution in [1.29, 1.82) is 0 Å². The zero-order valence-corrected chi connectivity index (χ0v) is 9.54. The van der Waals surface area contributed by atoms with Crippen molar-refractivity contribution in [2.45, 2.75) is 0 Å². The zero-order chi connectivity index (χ0) is 11.5. The molecule has 7 heteroatoms. The van der Waals surface area contributed by atoms with Crippen molar-refractivity contribution < 1.29 is 4.79 Å². The standard InChI is InChI=1S/C9H7BrN4O2/c10-7-2-1-5(3-11-7)13-8(15)6-4-12-9(16)14-6/h1-4H,(H,13,15)(H2,12,14,16). The van der Waals surface area contributed by atoms with Crippen LogP contribution in [0.4, 0.5) is 5.69 Å². The summed E-state index contributed by atoms with van der Waals surface area (Å²) in [5.41, 5.74) is 0.308. The van der Waals surface area contributed by atoms with Gasteiger partial charge in [-0.3, -0.25) is 4.79 Å². The summed E-state index contributed by atoms with van der Waals surface area (Å²) in [6.45, 7) is 0. The minimum atomic E-state index is -0.418. The maximum atomic E-state index is 11.6. The first kappa shape index (κ1) is 10.6. The molecule has 0 aliphatic carbocycles. The van der Waals surface area contributed by atoms with Gasteiger partial charge in [-0.2, -0.15) is 0 Å². The summed E-state index contributed by atoms with van der Waals surface area (Å²) in [7, 11) is 0. The van der Waals surface area contributed by atoms with Gasteiger partial charge >= 0.3 is 5.69 Å². The van der Waals surface area contributed by atoms with E-state index in [4.69, 9.17) is 0 Å². The highest BCUT2D eigenvalue weighted by molar-refractivity contribution is 9.10. The number of imidazole rings is 1. The molecule has 2 heterocycles. The molecule has 0 spiro atoms. The van der Waals surface area contributed by atoms with Gasteiger partial charge < -0.3 is 15.3 Å². The number of aromatic nitrogens is 3. The Morgan fingerprint density at radius 2 is 2.25 bits per heavy atom. The molecule has 0 unspecified atom stereocenters. The molecule has 0 atom stereocenters. The highest BCUT2D eigenvalue weighted by Gasteiger charge is 2.07. The van der Waals surface area contributed by atoms with Gasteiger partial charge in [0.15, 0.2) is 0 Å². The highest BCUT2D eigenvalue weighted by Crippen LogP contribution is 2.10. The quantitative estimate of drug-likeness (QED) is 0.721. The number of aromatic amines is 2. The first-order valence-corrected chi connectivity index (χ1v) is 5.15. The average molecular weight is 283 g/mol. The smallest absolute Gasteiger partial charge is 0.319 e. The Hall–Kier alpha value is -1.89.